The summed E-state index contributed by atoms with van der Waals surface area (Å²) in [5.41, 5.74) is 0.488. The van der Waals surface area contributed by atoms with Gasteiger partial charge in [0, 0.05) is 0 Å². The highest BCUT2D eigenvalue weighted by molar-refractivity contribution is 6.22. The maximum Gasteiger partial charge on any atom is 0.329 e. The number of hydrogen-bond acceptors (Lipinski definition) is 6. The second kappa shape index (κ2) is 9.01. The number of hydrogen-bond donors (Lipinski definition) is 1. The Morgan fingerprint density at radius 3 is 2.17 bits per heavy atom. The van der Waals surface area contributed by atoms with Crippen LogP contribution in [0, 0.1) is 0 Å². The fourth-order valence-corrected chi connectivity index (χ4v) is 2.85. The van der Waals surface area contributed by atoms with Gasteiger partial charge in [0.15, 0.2) is 6.61 Å². The van der Waals surface area contributed by atoms with Crippen LogP contribution in [0.2, 0.25) is 0 Å². The van der Waals surface area contributed by atoms with Crippen molar-refractivity contribution in [3.63, 3.8) is 0 Å². The molecule has 1 aliphatic heterocycles. The summed E-state index contributed by atoms with van der Waals surface area (Å²) in [5.74, 6) is -1.78. The number of carbonyl (C=O) groups excluding carboxylic acids is 4. The van der Waals surface area contributed by atoms with Crippen LogP contribution in [0.1, 0.15) is 27.6 Å². The van der Waals surface area contributed by atoms with E-state index >= 15 is 0 Å². The van der Waals surface area contributed by atoms with Crippen LogP contribution in [0.25, 0.3) is 0 Å². The second-order valence-electron chi connectivity index (χ2n) is 6.32. The van der Waals surface area contributed by atoms with E-state index in [2.05, 4.69) is 5.32 Å². The Kier molecular flexibility index (Phi) is 6.23. The third-order valence-corrected chi connectivity index (χ3v) is 4.34. The summed E-state index contributed by atoms with van der Waals surface area (Å²) in [4.78, 5) is 49.7. The van der Waals surface area contributed by atoms with Gasteiger partial charge in [-0.25, -0.2) is 4.79 Å². The van der Waals surface area contributed by atoms with Gasteiger partial charge in [-0.15, -0.1) is 0 Å². The molecule has 0 bridgehead atoms. The number of fused-ring (bicyclic) bond motifs is 1. The number of carbonyl (C=O) groups is 4. The Morgan fingerprint density at radius 2 is 1.55 bits per heavy atom. The lowest BCUT2D eigenvalue weighted by molar-refractivity contribution is -0.151. The highest BCUT2D eigenvalue weighted by atomic mass is 16.5. The Morgan fingerprint density at radius 1 is 0.966 bits per heavy atom. The lowest BCUT2D eigenvalue weighted by atomic mass is 10.1. The molecular formula is C21H20N2O6. The summed E-state index contributed by atoms with van der Waals surface area (Å²) in [5, 5.41) is 2.56. The van der Waals surface area contributed by atoms with Gasteiger partial charge in [-0.3, -0.25) is 19.3 Å². The maximum atomic E-state index is 12.4. The van der Waals surface area contributed by atoms with E-state index in [9.17, 15) is 19.2 Å². The van der Waals surface area contributed by atoms with E-state index in [0.29, 0.717) is 5.75 Å². The number of para-hydroxylation sites is 1. The number of nitrogens with one attached hydrogen (secondary N) is 1. The van der Waals surface area contributed by atoms with Gasteiger partial charge in [-0.05, 0) is 31.2 Å². The Hall–Kier alpha value is -3.68. The molecule has 3 amide bonds. The largest absolute Gasteiger partial charge is 0.492 e. The van der Waals surface area contributed by atoms with E-state index in [-0.39, 0.29) is 24.3 Å². The summed E-state index contributed by atoms with van der Waals surface area (Å²) in [7, 11) is 0. The van der Waals surface area contributed by atoms with Gasteiger partial charge >= 0.3 is 5.97 Å². The molecule has 1 heterocycles. The van der Waals surface area contributed by atoms with E-state index in [1.807, 2.05) is 18.2 Å². The standard InChI is InChI=1S/C21H20N2O6/c1-14(23-19(25)16-9-5-6-10-17(16)20(23)26)21(27)29-13-18(24)22-11-12-28-15-7-3-2-4-8-15/h2-10,14H,11-13H2,1H3,(H,22,24)/t14-/m1/s1. The monoisotopic (exact) mass is 396 g/mol. The van der Waals surface area contributed by atoms with Crippen LogP contribution in [0.4, 0.5) is 0 Å². The number of nitrogens with zero attached hydrogens (tertiary/aromatic N) is 1. The molecule has 3 rings (SSSR count). The van der Waals surface area contributed by atoms with Crippen molar-refractivity contribution in [3.8, 4) is 5.75 Å². The number of ether oxygens (including phenoxy) is 2. The first-order valence-corrected chi connectivity index (χ1v) is 9.07. The molecule has 1 aliphatic rings. The lowest BCUT2D eigenvalue weighted by Crippen LogP contribution is -2.44. The predicted molar refractivity (Wildman–Crippen MR) is 102 cm³/mol. The average molecular weight is 396 g/mol. The van der Waals surface area contributed by atoms with Gasteiger partial charge in [0.2, 0.25) is 0 Å². The van der Waals surface area contributed by atoms with Crippen molar-refractivity contribution in [3.05, 3.63) is 65.7 Å². The van der Waals surface area contributed by atoms with Gasteiger partial charge in [0.05, 0.1) is 17.7 Å². The molecule has 8 nitrogen and oxygen atoms in total. The summed E-state index contributed by atoms with van der Waals surface area (Å²) in [6.07, 6.45) is 0. The lowest BCUT2D eigenvalue weighted by Gasteiger charge is -2.20. The first-order chi connectivity index (χ1) is 14.0. The van der Waals surface area contributed by atoms with Crippen LogP contribution >= 0.6 is 0 Å². The second-order valence-corrected chi connectivity index (χ2v) is 6.32. The van der Waals surface area contributed by atoms with E-state index in [4.69, 9.17) is 9.47 Å². The minimum Gasteiger partial charge on any atom is -0.492 e. The summed E-state index contributed by atoms with van der Waals surface area (Å²) in [6, 6.07) is 14.3. The van der Waals surface area contributed by atoms with Crippen LogP contribution < -0.4 is 10.1 Å². The molecular weight excluding hydrogens is 376 g/mol. The van der Waals surface area contributed by atoms with Crippen molar-refractivity contribution in [2.75, 3.05) is 19.8 Å². The van der Waals surface area contributed by atoms with Crippen molar-refractivity contribution in [2.24, 2.45) is 0 Å². The van der Waals surface area contributed by atoms with Crippen molar-refractivity contribution in [1.82, 2.24) is 10.2 Å². The highest BCUT2D eigenvalue weighted by Gasteiger charge is 2.41. The molecule has 0 aliphatic carbocycles. The maximum absolute atomic E-state index is 12.4. The average Bonchev–Trinajstić information content (AvgIpc) is 3.00. The first kappa shape index (κ1) is 20.1. The molecule has 0 spiro atoms. The molecule has 29 heavy (non-hydrogen) atoms. The Labute approximate surface area is 167 Å². The molecule has 2 aromatic carbocycles. The number of rotatable bonds is 8. The fourth-order valence-electron chi connectivity index (χ4n) is 2.85. The molecule has 8 heteroatoms. The van der Waals surface area contributed by atoms with Crippen LogP contribution in [0.15, 0.2) is 54.6 Å². The summed E-state index contributed by atoms with van der Waals surface area (Å²) in [6.45, 7) is 1.36. The highest BCUT2D eigenvalue weighted by Crippen LogP contribution is 2.24. The topological polar surface area (TPSA) is 102 Å². The Balaban J connectivity index is 1.43. The van der Waals surface area contributed by atoms with E-state index in [1.165, 1.54) is 19.1 Å². The predicted octanol–water partition coefficient (Wildman–Crippen LogP) is 1.41. The summed E-state index contributed by atoms with van der Waals surface area (Å²) < 4.78 is 10.4. The molecule has 0 saturated carbocycles. The van der Waals surface area contributed by atoms with Crippen LogP contribution in [0.5, 0.6) is 5.75 Å². The SMILES string of the molecule is C[C@H](C(=O)OCC(=O)NCCOc1ccccc1)N1C(=O)c2ccccc2C1=O. The molecule has 0 fully saturated rings. The van der Waals surface area contributed by atoms with Crippen molar-refractivity contribution in [1.29, 1.82) is 0 Å². The van der Waals surface area contributed by atoms with E-state index < -0.39 is 36.3 Å². The van der Waals surface area contributed by atoms with Gasteiger partial charge < -0.3 is 14.8 Å². The minimum atomic E-state index is -1.14. The number of esters is 1. The van der Waals surface area contributed by atoms with Crippen LogP contribution in [0.3, 0.4) is 0 Å². The number of benzene rings is 2. The van der Waals surface area contributed by atoms with Gasteiger partial charge in [-0.2, -0.15) is 0 Å². The number of imide groups is 1. The minimum absolute atomic E-state index is 0.235. The van der Waals surface area contributed by atoms with Gasteiger partial charge in [0.1, 0.15) is 18.4 Å². The van der Waals surface area contributed by atoms with Crippen LogP contribution in [-0.4, -0.2) is 54.4 Å². The molecule has 0 unspecified atom stereocenters. The molecule has 0 aromatic heterocycles. The molecule has 150 valence electrons. The number of amides is 3. The van der Waals surface area contributed by atoms with Gasteiger partial charge in [0.25, 0.3) is 17.7 Å². The normalized spacial score (nSPS) is 13.6. The first-order valence-electron chi connectivity index (χ1n) is 9.07. The molecule has 0 radical (unpaired) electrons. The quantitative estimate of drug-likeness (QED) is 0.411. The third kappa shape index (κ3) is 4.60. The zero-order valence-corrected chi connectivity index (χ0v) is 15.8. The zero-order chi connectivity index (χ0) is 20.8. The fraction of sp³-hybridized carbons (Fsp3) is 0.238. The molecule has 1 N–H and O–H groups in total. The van der Waals surface area contributed by atoms with Crippen molar-refractivity contribution in [2.45, 2.75) is 13.0 Å². The third-order valence-electron chi connectivity index (χ3n) is 4.34. The smallest absolute Gasteiger partial charge is 0.329 e. The Bertz CT molecular complexity index is 893. The summed E-state index contributed by atoms with van der Waals surface area (Å²) >= 11 is 0. The zero-order valence-electron chi connectivity index (χ0n) is 15.8. The van der Waals surface area contributed by atoms with Crippen LogP contribution in [-0.2, 0) is 14.3 Å². The van der Waals surface area contributed by atoms with Crippen molar-refractivity contribution >= 4 is 23.7 Å². The van der Waals surface area contributed by atoms with E-state index in [1.54, 1.807) is 24.3 Å². The van der Waals surface area contributed by atoms with E-state index in [0.717, 1.165) is 4.90 Å². The van der Waals surface area contributed by atoms with Gasteiger partial charge in [-0.1, -0.05) is 30.3 Å². The molecule has 0 saturated heterocycles. The van der Waals surface area contributed by atoms with Crippen molar-refractivity contribution < 1.29 is 28.7 Å². The molecule has 2 aromatic rings. The molecule has 1 atom stereocenters.